The van der Waals surface area contributed by atoms with Crippen molar-refractivity contribution in [1.29, 1.82) is 0 Å². The van der Waals surface area contributed by atoms with Gasteiger partial charge in [-0.3, -0.25) is 14.5 Å². The van der Waals surface area contributed by atoms with Gasteiger partial charge in [0.1, 0.15) is 16.5 Å². The zero-order valence-electron chi connectivity index (χ0n) is 16.6. The third-order valence-electron chi connectivity index (χ3n) is 4.92. The van der Waals surface area contributed by atoms with Crippen LogP contribution in [-0.2, 0) is 9.59 Å². The lowest BCUT2D eigenvalue weighted by atomic mass is 9.95. The molecular formula is C22H19N3O4S. The zero-order valence-corrected chi connectivity index (χ0v) is 17.4. The third-order valence-corrected chi connectivity index (χ3v) is 5.76. The molecule has 7 nitrogen and oxygen atoms in total. The molecule has 0 bridgehead atoms. The minimum Gasteiger partial charge on any atom is -0.507 e. The molecule has 4 rings (SSSR count). The summed E-state index contributed by atoms with van der Waals surface area (Å²) in [6.07, 6.45) is 0. The quantitative estimate of drug-likeness (QED) is 0.391. The van der Waals surface area contributed by atoms with Gasteiger partial charge in [-0.15, -0.1) is 10.2 Å². The van der Waals surface area contributed by atoms with Crippen molar-refractivity contribution in [3.05, 3.63) is 75.8 Å². The molecular weight excluding hydrogens is 402 g/mol. The maximum Gasteiger partial charge on any atom is 0.301 e. The monoisotopic (exact) mass is 421 g/mol. The van der Waals surface area contributed by atoms with Crippen molar-refractivity contribution >= 4 is 33.9 Å². The second-order valence-corrected chi connectivity index (χ2v) is 8.07. The van der Waals surface area contributed by atoms with E-state index in [1.54, 1.807) is 50.4 Å². The number of rotatable bonds is 4. The van der Waals surface area contributed by atoms with E-state index in [1.165, 1.54) is 16.2 Å². The topological polar surface area (TPSA) is 92.6 Å². The molecule has 1 N–H and O–H groups in total. The zero-order chi connectivity index (χ0) is 21.4. The average molecular weight is 421 g/mol. The summed E-state index contributed by atoms with van der Waals surface area (Å²) < 4.78 is 5.21. The second-order valence-electron chi connectivity index (χ2n) is 6.91. The maximum atomic E-state index is 13.0. The van der Waals surface area contributed by atoms with Crippen LogP contribution in [0.3, 0.4) is 0 Å². The number of methoxy groups -OCH3 is 1. The standard InChI is InChI=1S/C22H19N3O4S/c1-12-4-6-15(7-5-12)19(26)17-18(14-8-10-16(29-3)11-9-14)25(21(28)20(17)27)22-24-23-13(2)30-22/h4-11,18,26H,1-3H3/t18-/m0/s1. The number of benzene rings is 2. The number of hydrogen-bond acceptors (Lipinski definition) is 7. The van der Waals surface area contributed by atoms with Gasteiger partial charge >= 0.3 is 5.91 Å². The predicted molar refractivity (Wildman–Crippen MR) is 114 cm³/mol. The Labute approximate surface area is 177 Å². The highest BCUT2D eigenvalue weighted by molar-refractivity contribution is 7.15. The van der Waals surface area contributed by atoms with Gasteiger partial charge in [-0.2, -0.15) is 0 Å². The number of carbonyl (C=O) groups is 2. The second kappa shape index (κ2) is 7.72. The van der Waals surface area contributed by atoms with Crippen molar-refractivity contribution in [2.45, 2.75) is 19.9 Å². The molecule has 0 unspecified atom stereocenters. The van der Waals surface area contributed by atoms with Crippen molar-refractivity contribution in [3.8, 4) is 5.75 Å². The van der Waals surface area contributed by atoms with Crippen LogP contribution in [0, 0.1) is 13.8 Å². The van der Waals surface area contributed by atoms with E-state index >= 15 is 0 Å². The number of anilines is 1. The average Bonchev–Trinajstić information content (AvgIpc) is 3.29. The van der Waals surface area contributed by atoms with Gasteiger partial charge in [0.25, 0.3) is 5.78 Å². The lowest BCUT2D eigenvalue weighted by Crippen LogP contribution is -2.29. The number of ether oxygens (including phenoxy) is 1. The molecule has 1 aromatic heterocycles. The van der Waals surface area contributed by atoms with Crippen LogP contribution in [0.5, 0.6) is 5.75 Å². The number of aliphatic hydroxyl groups is 1. The van der Waals surface area contributed by atoms with Crippen molar-refractivity contribution in [2.75, 3.05) is 12.0 Å². The van der Waals surface area contributed by atoms with E-state index in [2.05, 4.69) is 10.2 Å². The summed E-state index contributed by atoms with van der Waals surface area (Å²) in [6, 6.07) is 13.3. The van der Waals surface area contributed by atoms with Gasteiger partial charge in [-0.1, -0.05) is 53.3 Å². The highest BCUT2D eigenvalue weighted by Gasteiger charge is 2.48. The van der Waals surface area contributed by atoms with Crippen molar-refractivity contribution in [2.24, 2.45) is 0 Å². The minimum absolute atomic E-state index is 0.0156. The van der Waals surface area contributed by atoms with Gasteiger partial charge in [0.05, 0.1) is 18.7 Å². The lowest BCUT2D eigenvalue weighted by Gasteiger charge is -2.22. The molecule has 30 heavy (non-hydrogen) atoms. The molecule has 1 fully saturated rings. The Balaban J connectivity index is 1.92. The van der Waals surface area contributed by atoms with Crippen LogP contribution in [0.1, 0.15) is 27.7 Å². The molecule has 1 aliphatic heterocycles. The highest BCUT2D eigenvalue weighted by Crippen LogP contribution is 2.43. The fourth-order valence-electron chi connectivity index (χ4n) is 3.38. The van der Waals surface area contributed by atoms with Gasteiger partial charge < -0.3 is 9.84 Å². The molecule has 1 aliphatic rings. The molecule has 0 aliphatic carbocycles. The van der Waals surface area contributed by atoms with Gasteiger partial charge in [-0.05, 0) is 31.5 Å². The molecule has 1 amide bonds. The predicted octanol–water partition coefficient (Wildman–Crippen LogP) is 3.79. The van der Waals surface area contributed by atoms with Gasteiger partial charge in [0.15, 0.2) is 0 Å². The van der Waals surface area contributed by atoms with E-state index in [9.17, 15) is 14.7 Å². The molecule has 152 valence electrons. The minimum atomic E-state index is -0.829. The van der Waals surface area contributed by atoms with Crippen LogP contribution < -0.4 is 9.64 Å². The fourth-order valence-corrected chi connectivity index (χ4v) is 4.10. The van der Waals surface area contributed by atoms with E-state index < -0.39 is 17.7 Å². The van der Waals surface area contributed by atoms with Crippen LogP contribution in [0.15, 0.2) is 54.1 Å². The first kappa shape index (κ1) is 19.8. The van der Waals surface area contributed by atoms with Crippen LogP contribution in [0.25, 0.3) is 5.76 Å². The normalized spacial score (nSPS) is 18.1. The Kier molecular flexibility index (Phi) is 5.09. The Hall–Kier alpha value is -3.52. The molecule has 0 radical (unpaired) electrons. The number of aromatic nitrogens is 2. The van der Waals surface area contributed by atoms with Crippen molar-refractivity contribution in [3.63, 3.8) is 0 Å². The van der Waals surface area contributed by atoms with Crippen LogP contribution >= 0.6 is 11.3 Å². The summed E-state index contributed by atoms with van der Waals surface area (Å²) in [5, 5.41) is 20.0. The summed E-state index contributed by atoms with van der Waals surface area (Å²) >= 11 is 1.21. The largest absolute Gasteiger partial charge is 0.507 e. The Morgan fingerprint density at radius 2 is 1.70 bits per heavy atom. The molecule has 0 spiro atoms. The number of nitrogens with zero attached hydrogens (tertiary/aromatic N) is 3. The van der Waals surface area contributed by atoms with E-state index in [-0.39, 0.29) is 11.3 Å². The van der Waals surface area contributed by atoms with Crippen LogP contribution in [0.4, 0.5) is 5.13 Å². The fraction of sp³-hybridized carbons (Fsp3) is 0.182. The summed E-state index contributed by atoms with van der Waals surface area (Å²) in [7, 11) is 1.56. The first-order valence-corrected chi connectivity index (χ1v) is 10.0. The van der Waals surface area contributed by atoms with E-state index in [1.807, 2.05) is 19.1 Å². The number of carbonyl (C=O) groups excluding carboxylic acids is 2. The lowest BCUT2D eigenvalue weighted by molar-refractivity contribution is -0.132. The summed E-state index contributed by atoms with van der Waals surface area (Å²) in [4.78, 5) is 27.3. The van der Waals surface area contributed by atoms with E-state index in [0.29, 0.717) is 27.0 Å². The summed E-state index contributed by atoms with van der Waals surface area (Å²) in [6.45, 7) is 3.70. The number of ketones is 1. The Morgan fingerprint density at radius 1 is 1.03 bits per heavy atom. The van der Waals surface area contributed by atoms with E-state index in [0.717, 1.165) is 5.56 Å². The van der Waals surface area contributed by atoms with E-state index in [4.69, 9.17) is 4.74 Å². The van der Waals surface area contributed by atoms with Crippen molar-refractivity contribution in [1.82, 2.24) is 10.2 Å². The number of aliphatic hydroxyl groups excluding tert-OH is 1. The van der Waals surface area contributed by atoms with Gasteiger partial charge in [-0.25, -0.2) is 0 Å². The third kappa shape index (κ3) is 3.35. The first-order valence-electron chi connectivity index (χ1n) is 9.23. The molecule has 1 saturated heterocycles. The maximum absolute atomic E-state index is 13.0. The van der Waals surface area contributed by atoms with Crippen LogP contribution in [-0.4, -0.2) is 34.1 Å². The van der Waals surface area contributed by atoms with Crippen LogP contribution in [0.2, 0.25) is 0 Å². The van der Waals surface area contributed by atoms with Crippen molar-refractivity contribution < 1.29 is 19.4 Å². The molecule has 2 heterocycles. The first-order chi connectivity index (χ1) is 14.4. The summed E-state index contributed by atoms with van der Waals surface area (Å²) in [5.41, 5.74) is 2.15. The SMILES string of the molecule is COc1ccc([C@H]2C(=C(O)c3ccc(C)cc3)C(=O)C(=O)N2c2nnc(C)s2)cc1. The smallest absolute Gasteiger partial charge is 0.301 e. The molecule has 3 aromatic rings. The highest BCUT2D eigenvalue weighted by atomic mass is 32.1. The molecule has 8 heteroatoms. The number of hydrogen-bond donors (Lipinski definition) is 1. The molecule has 2 aromatic carbocycles. The van der Waals surface area contributed by atoms with Gasteiger partial charge in [0, 0.05) is 5.56 Å². The van der Waals surface area contributed by atoms with Gasteiger partial charge in [0.2, 0.25) is 5.13 Å². The Morgan fingerprint density at radius 3 is 2.27 bits per heavy atom. The number of aryl methyl sites for hydroxylation is 2. The number of Topliss-reactive ketones (excluding diaryl/α,β-unsaturated/α-hetero) is 1. The number of amides is 1. The molecule has 1 atom stereocenters. The Bertz CT molecular complexity index is 1150. The molecule has 0 saturated carbocycles. The summed E-state index contributed by atoms with van der Waals surface area (Å²) in [5.74, 6) is -1.10.